The summed E-state index contributed by atoms with van der Waals surface area (Å²) in [6.07, 6.45) is 8.68. The molecule has 1 aliphatic heterocycles. The molecule has 4 N–H and O–H groups in total. The third-order valence-corrected chi connectivity index (χ3v) is 3.15. The average Bonchev–Trinajstić information content (AvgIpc) is 2.59. The third kappa shape index (κ3) is 4.16. The first-order valence-electron chi connectivity index (χ1n) is 6.91. The molecule has 0 unspecified atom stereocenters. The Balaban J connectivity index is 2.20. The molecule has 0 radical (unpaired) electrons. The molecule has 0 spiro atoms. The minimum absolute atomic E-state index is 0.0113. The Morgan fingerprint density at radius 3 is 2.74 bits per heavy atom. The van der Waals surface area contributed by atoms with Gasteiger partial charge in [-0.05, 0) is 41.6 Å². The van der Waals surface area contributed by atoms with E-state index in [1.165, 1.54) is 36.5 Å². The van der Waals surface area contributed by atoms with Crippen molar-refractivity contribution in [2.45, 2.75) is 0 Å². The Labute approximate surface area is 133 Å². The lowest BCUT2D eigenvalue weighted by Gasteiger charge is -2.11. The molecule has 0 saturated carbocycles. The van der Waals surface area contributed by atoms with Gasteiger partial charge in [0.1, 0.15) is 5.82 Å². The summed E-state index contributed by atoms with van der Waals surface area (Å²) in [7, 11) is 0. The minimum atomic E-state index is -0.701. The lowest BCUT2D eigenvalue weighted by atomic mass is 10.0. The number of hydrogen-bond acceptors (Lipinski definition) is 4. The summed E-state index contributed by atoms with van der Waals surface area (Å²) in [5.74, 6) is -1.36. The lowest BCUT2D eigenvalue weighted by molar-refractivity contribution is -0.105. The summed E-state index contributed by atoms with van der Waals surface area (Å²) >= 11 is 0. The molecule has 1 amide bonds. The second kappa shape index (κ2) is 7.74. The van der Waals surface area contributed by atoms with E-state index in [0.29, 0.717) is 18.4 Å². The summed E-state index contributed by atoms with van der Waals surface area (Å²) in [4.78, 5) is 23.2. The predicted molar refractivity (Wildman–Crippen MR) is 85.5 cm³/mol. The van der Waals surface area contributed by atoms with Gasteiger partial charge in [0.05, 0.1) is 11.3 Å². The van der Waals surface area contributed by atoms with Crippen molar-refractivity contribution in [2.75, 3.05) is 6.54 Å². The molecular formula is C17H16FN3O2. The van der Waals surface area contributed by atoms with E-state index in [9.17, 15) is 14.0 Å². The van der Waals surface area contributed by atoms with Gasteiger partial charge in [-0.2, -0.15) is 0 Å². The number of hydrogen-bond donors (Lipinski definition) is 3. The molecule has 23 heavy (non-hydrogen) atoms. The minimum Gasteiger partial charge on any atom is -0.404 e. The van der Waals surface area contributed by atoms with Gasteiger partial charge in [0.2, 0.25) is 0 Å². The van der Waals surface area contributed by atoms with Crippen LogP contribution in [0.2, 0.25) is 0 Å². The van der Waals surface area contributed by atoms with Crippen molar-refractivity contribution >= 4 is 12.2 Å². The number of dihydropyridines is 1. The SMILES string of the molecule is N/C=C(\C=C(/C=O)NC(=O)c1ccccc1F)C1=CCNC=C1. The maximum absolute atomic E-state index is 13.6. The van der Waals surface area contributed by atoms with Crippen LogP contribution in [0, 0.1) is 5.82 Å². The summed E-state index contributed by atoms with van der Waals surface area (Å²) in [6, 6.07) is 5.53. The number of carbonyl (C=O) groups is 2. The highest BCUT2D eigenvalue weighted by molar-refractivity contribution is 5.98. The van der Waals surface area contributed by atoms with Crippen LogP contribution in [0.3, 0.4) is 0 Å². The normalized spacial score (nSPS) is 14.7. The summed E-state index contributed by atoms with van der Waals surface area (Å²) in [5.41, 5.74) is 6.81. The molecule has 5 nitrogen and oxygen atoms in total. The van der Waals surface area contributed by atoms with Crippen LogP contribution in [0.4, 0.5) is 4.39 Å². The molecule has 118 valence electrons. The van der Waals surface area contributed by atoms with Crippen molar-refractivity contribution in [3.63, 3.8) is 0 Å². The van der Waals surface area contributed by atoms with E-state index in [2.05, 4.69) is 10.6 Å². The Morgan fingerprint density at radius 1 is 1.35 bits per heavy atom. The monoisotopic (exact) mass is 313 g/mol. The van der Waals surface area contributed by atoms with Gasteiger partial charge in [-0.3, -0.25) is 9.59 Å². The van der Waals surface area contributed by atoms with Crippen molar-refractivity contribution in [3.8, 4) is 0 Å². The molecule has 6 heteroatoms. The van der Waals surface area contributed by atoms with Crippen LogP contribution in [0.25, 0.3) is 0 Å². The van der Waals surface area contributed by atoms with E-state index in [1.54, 1.807) is 12.3 Å². The Hall–Kier alpha value is -3.15. The second-order valence-electron chi connectivity index (χ2n) is 4.67. The number of nitrogens with one attached hydrogen (secondary N) is 2. The van der Waals surface area contributed by atoms with Crippen LogP contribution in [0.5, 0.6) is 0 Å². The topological polar surface area (TPSA) is 84.2 Å². The summed E-state index contributed by atoms with van der Waals surface area (Å²) in [5, 5.41) is 5.37. The highest BCUT2D eigenvalue weighted by atomic mass is 19.1. The quantitative estimate of drug-likeness (QED) is 0.437. The van der Waals surface area contributed by atoms with E-state index in [4.69, 9.17) is 5.73 Å². The molecule has 0 aliphatic carbocycles. The maximum Gasteiger partial charge on any atom is 0.258 e. The molecule has 1 aromatic carbocycles. The fourth-order valence-electron chi connectivity index (χ4n) is 2.01. The number of nitrogens with two attached hydrogens (primary N) is 1. The molecule has 2 rings (SSSR count). The van der Waals surface area contributed by atoms with Gasteiger partial charge in [-0.15, -0.1) is 0 Å². The van der Waals surface area contributed by atoms with Crippen LogP contribution in [-0.2, 0) is 4.79 Å². The molecular weight excluding hydrogens is 297 g/mol. The third-order valence-electron chi connectivity index (χ3n) is 3.15. The molecule has 0 bridgehead atoms. The first-order chi connectivity index (χ1) is 11.2. The first-order valence-corrected chi connectivity index (χ1v) is 6.91. The number of allylic oxidation sites excluding steroid dienone is 5. The van der Waals surface area contributed by atoms with Crippen molar-refractivity contribution in [3.05, 3.63) is 83.1 Å². The second-order valence-corrected chi connectivity index (χ2v) is 4.67. The number of benzene rings is 1. The first kappa shape index (κ1) is 16.2. The fourth-order valence-corrected chi connectivity index (χ4v) is 2.01. The zero-order chi connectivity index (χ0) is 16.7. The zero-order valence-corrected chi connectivity index (χ0v) is 12.3. The standard InChI is InChI=1S/C17H16FN3O2/c18-16-4-2-1-3-15(16)17(23)21-14(11-22)9-13(10-19)12-5-7-20-8-6-12/h1-7,9-11,20H,8,19H2,(H,21,23)/b13-10+,14-9+. The van der Waals surface area contributed by atoms with Gasteiger partial charge in [0, 0.05) is 12.7 Å². The van der Waals surface area contributed by atoms with Crippen LogP contribution < -0.4 is 16.4 Å². The van der Waals surface area contributed by atoms with E-state index >= 15 is 0 Å². The van der Waals surface area contributed by atoms with Crippen molar-refractivity contribution < 1.29 is 14.0 Å². The largest absolute Gasteiger partial charge is 0.404 e. The van der Waals surface area contributed by atoms with Crippen LogP contribution >= 0.6 is 0 Å². The molecule has 1 heterocycles. The van der Waals surface area contributed by atoms with Gasteiger partial charge in [-0.1, -0.05) is 18.2 Å². The highest BCUT2D eigenvalue weighted by Crippen LogP contribution is 2.15. The van der Waals surface area contributed by atoms with Gasteiger partial charge in [0.25, 0.3) is 5.91 Å². The predicted octanol–water partition coefficient (Wildman–Crippen LogP) is 1.52. The lowest BCUT2D eigenvalue weighted by Crippen LogP contribution is -2.24. The molecule has 1 aliphatic rings. The molecule has 0 fully saturated rings. The highest BCUT2D eigenvalue weighted by Gasteiger charge is 2.12. The number of halogens is 1. The molecule has 0 saturated heterocycles. The van der Waals surface area contributed by atoms with E-state index in [1.807, 2.05) is 6.08 Å². The smallest absolute Gasteiger partial charge is 0.258 e. The molecule has 0 atom stereocenters. The average molecular weight is 313 g/mol. The fraction of sp³-hybridized carbons (Fsp3) is 0.0588. The Bertz CT molecular complexity index is 733. The number of rotatable bonds is 5. The molecule has 0 aromatic heterocycles. The van der Waals surface area contributed by atoms with E-state index in [-0.39, 0.29) is 11.3 Å². The maximum atomic E-state index is 13.6. The van der Waals surface area contributed by atoms with E-state index in [0.717, 1.165) is 5.57 Å². The van der Waals surface area contributed by atoms with Crippen LogP contribution in [0.1, 0.15) is 10.4 Å². The Kier molecular flexibility index (Phi) is 5.46. The van der Waals surface area contributed by atoms with Gasteiger partial charge in [0.15, 0.2) is 6.29 Å². The van der Waals surface area contributed by atoms with Crippen molar-refractivity contribution in [2.24, 2.45) is 5.73 Å². The van der Waals surface area contributed by atoms with Gasteiger partial charge in [-0.25, -0.2) is 4.39 Å². The zero-order valence-electron chi connectivity index (χ0n) is 12.3. The summed E-state index contributed by atoms with van der Waals surface area (Å²) in [6.45, 7) is 0.634. The van der Waals surface area contributed by atoms with Crippen LogP contribution in [-0.4, -0.2) is 18.7 Å². The number of aldehydes is 1. The van der Waals surface area contributed by atoms with Gasteiger partial charge < -0.3 is 16.4 Å². The summed E-state index contributed by atoms with van der Waals surface area (Å²) < 4.78 is 13.6. The van der Waals surface area contributed by atoms with Gasteiger partial charge >= 0.3 is 0 Å². The number of carbonyl (C=O) groups excluding carboxylic acids is 2. The van der Waals surface area contributed by atoms with Crippen molar-refractivity contribution in [1.29, 1.82) is 0 Å². The Morgan fingerprint density at radius 2 is 2.13 bits per heavy atom. The van der Waals surface area contributed by atoms with E-state index < -0.39 is 11.7 Å². The number of amides is 1. The van der Waals surface area contributed by atoms with Crippen molar-refractivity contribution in [1.82, 2.24) is 10.6 Å². The molecule has 1 aromatic rings. The van der Waals surface area contributed by atoms with Crippen LogP contribution in [0.15, 0.2) is 71.7 Å².